The van der Waals surface area contributed by atoms with E-state index in [9.17, 15) is 9.59 Å². The van der Waals surface area contributed by atoms with Crippen LogP contribution < -0.4 is 15.4 Å². The van der Waals surface area contributed by atoms with Gasteiger partial charge in [0, 0.05) is 18.2 Å². The van der Waals surface area contributed by atoms with Gasteiger partial charge in [0.05, 0.1) is 12.4 Å². The van der Waals surface area contributed by atoms with Crippen LogP contribution in [0.15, 0.2) is 29.4 Å². The second kappa shape index (κ2) is 11.9. The standard InChI is InChI=1S/C23H33N5O3S/c1-4-5-15-28-20(17-11-13-19(31-3)14-12-17)26-27-23(28)32-16(2)21(29)25-22(30)24-18-9-7-6-8-10-18/h11-14,16,18H,4-10,15H2,1-3H3,(H2,24,25,29,30)/t16-/m1/s1. The first-order valence-electron chi connectivity index (χ1n) is 11.4. The van der Waals surface area contributed by atoms with Crippen molar-refractivity contribution in [2.24, 2.45) is 0 Å². The van der Waals surface area contributed by atoms with Crippen LogP contribution in [0.4, 0.5) is 4.79 Å². The molecule has 1 saturated carbocycles. The summed E-state index contributed by atoms with van der Waals surface area (Å²) < 4.78 is 7.28. The minimum Gasteiger partial charge on any atom is -0.497 e. The van der Waals surface area contributed by atoms with Crippen molar-refractivity contribution in [3.8, 4) is 17.1 Å². The number of amides is 3. The van der Waals surface area contributed by atoms with E-state index in [1.165, 1.54) is 18.2 Å². The average molecular weight is 460 g/mol. The number of carbonyl (C=O) groups excluding carboxylic acids is 2. The van der Waals surface area contributed by atoms with Crippen molar-refractivity contribution in [1.82, 2.24) is 25.4 Å². The zero-order chi connectivity index (χ0) is 22.9. The van der Waals surface area contributed by atoms with Crippen LogP contribution in [0.1, 0.15) is 58.8 Å². The highest BCUT2D eigenvalue weighted by atomic mass is 32.2. The fourth-order valence-electron chi connectivity index (χ4n) is 3.74. The quantitative estimate of drug-likeness (QED) is 0.540. The van der Waals surface area contributed by atoms with Gasteiger partial charge in [-0.25, -0.2) is 4.79 Å². The molecule has 8 nitrogen and oxygen atoms in total. The van der Waals surface area contributed by atoms with Gasteiger partial charge in [-0.1, -0.05) is 44.4 Å². The van der Waals surface area contributed by atoms with Crippen molar-refractivity contribution in [3.05, 3.63) is 24.3 Å². The second-order valence-corrected chi connectivity index (χ2v) is 9.41. The predicted molar refractivity (Wildman–Crippen MR) is 126 cm³/mol. The second-order valence-electron chi connectivity index (χ2n) is 8.10. The normalized spacial score (nSPS) is 15.2. The number of methoxy groups -OCH3 is 1. The summed E-state index contributed by atoms with van der Waals surface area (Å²) in [7, 11) is 1.63. The van der Waals surface area contributed by atoms with E-state index >= 15 is 0 Å². The molecule has 1 heterocycles. The lowest BCUT2D eigenvalue weighted by atomic mass is 9.96. The molecule has 0 unspecified atom stereocenters. The van der Waals surface area contributed by atoms with Crippen molar-refractivity contribution in [3.63, 3.8) is 0 Å². The minimum absolute atomic E-state index is 0.156. The van der Waals surface area contributed by atoms with Gasteiger partial charge in [-0.2, -0.15) is 0 Å². The Morgan fingerprint density at radius 3 is 2.56 bits per heavy atom. The molecular formula is C23H33N5O3S. The number of benzene rings is 1. The third kappa shape index (κ3) is 6.48. The van der Waals surface area contributed by atoms with Gasteiger partial charge >= 0.3 is 6.03 Å². The van der Waals surface area contributed by atoms with E-state index in [1.807, 2.05) is 28.8 Å². The monoisotopic (exact) mass is 459 g/mol. The third-order valence-electron chi connectivity index (χ3n) is 5.63. The van der Waals surface area contributed by atoms with Crippen LogP contribution in [0.2, 0.25) is 0 Å². The first-order chi connectivity index (χ1) is 15.5. The van der Waals surface area contributed by atoms with Gasteiger partial charge < -0.3 is 14.6 Å². The van der Waals surface area contributed by atoms with Crippen LogP contribution >= 0.6 is 11.8 Å². The Balaban J connectivity index is 1.66. The lowest BCUT2D eigenvalue weighted by Gasteiger charge is -2.23. The molecule has 3 amide bonds. The highest BCUT2D eigenvalue weighted by molar-refractivity contribution is 8.00. The van der Waals surface area contributed by atoms with Gasteiger partial charge in [-0.3, -0.25) is 10.1 Å². The summed E-state index contributed by atoms with van der Waals surface area (Å²) >= 11 is 1.31. The molecule has 1 atom stereocenters. The highest BCUT2D eigenvalue weighted by Crippen LogP contribution is 2.28. The molecule has 0 aliphatic heterocycles. The summed E-state index contributed by atoms with van der Waals surface area (Å²) in [5.74, 6) is 1.20. The smallest absolute Gasteiger partial charge is 0.321 e. The average Bonchev–Trinajstić information content (AvgIpc) is 3.20. The first-order valence-corrected chi connectivity index (χ1v) is 12.3. The molecule has 3 rings (SSSR count). The van der Waals surface area contributed by atoms with E-state index in [1.54, 1.807) is 14.0 Å². The Bertz CT molecular complexity index is 894. The number of nitrogens with zero attached hydrogens (tertiary/aromatic N) is 3. The van der Waals surface area contributed by atoms with Gasteiger partial charge in [-0.05, 0) is 50.5 Å². The molecule has 0 radical (unpaired) electrons. The molecule has 9 heteroatoms. The topological polar surface area (TPSA) is 98.1 Å². The van der Waals surface area contributed by atoms with Crippen molar-refractivity contribution in [2.45, 2.75) is 81.8 Å². The molecule has 1 aromatic carbocycles. The van der Waals surface area contributed by atoms with Crippen LogP contribution in [0.3, 0.4) is 0 Å². The predicted octanol–water partition coefficient (Wildman–Crippen LogP) is 4.39. The Morgan fingerprint density at radius 2 is 1.91 bits per heavy atom. The van der Waals surface area contributed by atoms with Gasteiger partial charge in [0.1, 0.15) is 5.75 Å². The zero-order valence-corrected chi connectivity index (χ0v) is 19.9. The van der Waals surface area contributed by atoms with E-state index < -0.39 is 11.3 Å². The van der Waals surface area contributed by atoms with Crippen molar-refractivity contribution in [2.75, 3.05) is 7.11 Å². The summed E-state index contributed by atoms with van der Waals surface area (Å²) in [6, 6.07) is 7.42. The number of urea groups is 1. The lowest BCUT2D eigenvalue weighted by molar-refractivity contribution is -0.119. The van der Waals surface area contributed by atoms with Gasteiger partial charge in [0.25, 0.3) is 0 Å². The van der Waals surface area contributed by atoms with Crippen molar-refractivity contribution < 1.29 is 14.3 Å². The van der Waals surface area contributed by atoms with E-state index in [2.05, 4.69) is 27.8 Å². The van der Waals surface area contributed by atoms with E-state index in [0.29, 0.717) is 5.16 Å². The maximum Gasteiger partial charge on any atom is 0.321 e. The van der Waals surface area contributed by atoms with Gasteiger partial charge in [0.15, 0.2) is 11.0 Å². The van der Waals surface area contributed by atoms with Crippen LogP contribution in [0, 0.1) is 0 Å². The van der Waals surface area contributed by atoms with Crippen molar-refractivity contribution >= 4 is 23.7 Å². The zero-order valence-electron chi connectivity index (χ0n) is 19.1. The fraction of sp³-hybridized carbons (Fsp3) is 0.565. The number of carbonyl (C=O) groups is 2. The third-order valence-corrected chi connectivity index (χ3v) is 6.71. The number of aromatic nitrogens is 3. The summed E-state index contributed by atoms with van der Waals surface area (Å²) in [5.41, 5.74) is 0.935. The number of ether oxygens (including phenoxy) is 1. The molecule has 2 aromatic rings. The number of hydrogen-bond donors (Lipinski definition) is 2. The molecule has 2 N–H and O–H groups in total. The maximum absolute atomic E-state index is 12.6. The summed E-state index contributed by atoms with van der Waals surface area (Å²) in [6.07, 6.45) is 7.40. The molecular weight excluding hydrogens is 426 g/mol. The lowest BCUT2D eigenvalue weighted by Crippen LogP contribution is -2.47. The summed E-state index contributed by atoms with van der Waals surface area (Å²) in [6.45, 7) is 4.66. The molecule has 1 aromatic heterocycles. The van der Waals surface area contributed by atoms with Gasteiger partial charge in [0.2, 0.25) is 5.91 Å². The number of thioether (sulfide) groups is 1. The SMILES string of the molecule is CCCCn1c(S[C@H](C)C(=O)NC(=O)NC2CCCCC2)nnc1-c1ccc(OC)cc1. The summed E-state index contributed by atoms with van der Waals surface area (Å²) in [5, 5.41) is 14.3. The number of unbranched alkanes of at least 4 members (excludes halogenated alkanes) is 1. The molecule has 174 valence electrons. The van der Waals surface area contributed by atoms with Crippen LogP contribution in [-0.4, -0.2) is 45.1 Å². The number of hydrogen-bond acceptors (Lipinski definition) is 6. The van der Waals surface area contributed by atoms with E-state index in [4.69, 9.17) is 4.74 Å². The summed E-state index contributed by atoms with van der Waals surface area (Å²) in [4.78, 5) is 24.8. The molecule has 0 saturated heterocycles. The van der Waals surface area contributed by atoms with Crippen LogP contribution in [0.5, 0.6) is 5.75 Å². The molecule has 1 aliphatic carbocycles. The van der Waals surface area contributed by atoms with E-state index in [0.717, 1.165) is 62.2 Å². The minimum atomic E-state index is -0.486. The molecule has 32 heavy (non-hydrogen) atoms. The van der Waals surface area contributed by atoms with Crippen LogP contribution in [0.25, 0.3) is 11.4 Å². The molecule has 1 aliphatic rings. The Kier molecular flexibility index (Phi) is 8.96. The van der Waals surface area contributed by atoms with Gasteiger partial charge in [-0.15, -0.1) is 10.2 Å². The van der Waals surface area contributed by atoms with Crippen molar-refractivity contribution in [1.29, 1.82) is 0 Å². The Hall–Kier alpha value is -2.55. The first kappa shape index (κ1) is 24.1. The number of nitrogens with one attached hydrogen (secondary N) is 2. The Morgan fingerprint density at radius 1 is 1.19 bits per heavy atom. The molecule has 0 spiro atoms. The number of rotatable bonds is 9. The van der Waals surface area contributed by atoms with Crippen LogP contribution in [-0.2, 0) is 11.3 Å². The molecule has 0 bridgehead atoms. The number of imide groups is 1. The Labute approximate surface area is 193 Å². The van der Waals surface area contributed by atoms with E-state index in [-0.39, 0.29) is 11.9 Å². The largest absolute Gasteiger partial charge is 0.497 e. The molecule has 1 fully saturated rings. The highest BCUT2D eigenvalue weighted by Gasteiger charge is 2.23. The fourth-order valence-corrected chi connectivity index (χ4v) is 4.62. The maximum atomic E-state index is 12.6.